The highest BCUT2D eigenvalue weighted by molar-refractivity contribution is 6.00. The lowest BCUT2D eigenvalue weighted by Gasteiger charge is -2.10. The largest absolute Gasteiger partial charge is 0.505 e. The van der Waals surface area contributed by atoms with Crippen LogP contribution in [-0.2, 0) is 12.8 Å². The molecule has 3 aromatic heterocycles. The second kappa shape index (κ2) is 6.03. The summed E-state index contributed by atoms with van der Waals surface area (Å²) >= 11 is 0. The number of halogens is 1. The topological polar surface area (TPSA) is 106 Å². The Hall–Kier alpha value is -3.94. The standard InChI is InChI=1S/C22H17FN6O/c23-15-7-13-8-17(27-16(13)9-18(15)30)20-19-21(24)25-10-26-22(19)29(28-20)14-5-11-3-1-2-4-12(11)6-14/h1-4,7-10,14,27,30H,5-6H2,(H2,24,25,26). The van der Waals surface area contributed by atoms with Gasteiger partial charge in [-0.3, -0.25) is 0 Å². The molecule has 0 spiro atoms. The summed E-state index contributed by atoms with van der Waals surface area (Å²) in [4.78, 5) is 11.8. The van der Waals surface area contributed by atoms with E-state index in [-0.39, 0.29) is 6.04 Å². The highest BCUT2D eigenvalue weighted by atomic mass is 19.1. The number of nitrogens with one attached hydrogen (secondary N) is 1. The number of aromatic hydroxyl groups is 1. The van der Waals surface area contributed by atoms with Crippen molar-refractivity contribution in [1.29, 1.82) is 0 Å². The fourth-order valence-electron chi connectivity index (χ4n) is 4.42. The number of phenols is 1. The Balaban J connectivity index is 1.54. The first-order chi connectivity index (χ1) is 14.6. The first kappa shape index (κ1) is 17.0. The number of fused-ring (bicyclic) bond motifs is 3. The number of aromatic nitrogens is 5. The highest BCUT2D eigenvalue weighted by Crippen LogP contribution is 2.37. The molecule has 2 aromatic carbocycles. The zero-order valence-corrected chi connectivity index (χ0v) is 15.8. The minimum atomic E-state index is -0.671. The SMILES string of the molecule is Nc1ncnc2c1c(-c1cc3cc(F)c(O)cc3[nH]1)nn2C1Cc2ccccc2C1. The summed E-state index contributed by atoms with van der Waals surface area (Å²) in [5, 5.41) is 15.9. The summed E-state index contributed by atoms with van der Waals surface area (Å²) in [5.74, 6) is -0.739. The van der Waals surface area contributed by atoms with E-state index in [0.29, 0.717) is 39.1 Å². The fourth-order valence-corrected chi connectivity index (χ4v) is 4.42. The van der Waals surface area contributed by atoms with Crippen LogP contribution in [0.2, 0.25) is 0 Å². The maximum absolute atomic E-state index is 13.8. The molecule has 0 saturated carbocycles. The first-order valence-corrected chi connectivity index (χ1v) is 9.65. The van der Waals surface area contributed by atoms with Gasteiger partial charge in [-0.1, -0.05) is 24.3 Å². The normalized spacial score (nSPS) is 14.0. The first-order valence-electron chi connectivity index (χ1n) is 9.65. The third kappa shape index (κ3) is 2.40. The second-order valence-corrected chi connectivity index (χ2v) is 7.66. The van der Waals surface area contributed by atoms with Crippen molar-refractivity contribution >= 4 is 27.8 Å². The minimum Gasteiger partial charge on any atom is -0.505 e. The number of hydrogen-bond donors (Lipinski definition) is 3. The Kier molecular flexibility index (Phi) is 3.41. The molecule has 1 aliphatic carbocycles. The molecule has 0 amide bonds. The van der Waals surface area contributed by atoms with E-state index in [9.17, 15) is 9.50 Å². The number of aromatic amines is 1. The molecule has 8 heteroatoms. The Morgan fingerprint density at radius 2 is 1.87 bits per heavy atom. The second-order valence-electron chi connectivity index (χ2n) is 7.66. The smallest absolute Gasteiger partial charge is 0.165 e. The quantitative estimate of drug-likeness (QED) is 0.419. The molecule has 5 aromatic rings. The number of nitrogens with two attached hydrogens (primary N) is 1. The summed E-state index contributed by atoms with van der Waals surface area (Å²) < 4.78 is 15.7. The predicted octanol–water partition coefficient (Wildman–Crippen LogP) is 3.74. The van der Waals surface area contributed by atoms with Crippen LogP contribution in [0.3, 0.4) is 0 Å². The number of phenolic OH excluding ortho intramolecular Hbond substituents is 1. The molecular weight excluding hydrogens is 383 g/mol. The van der Waals surface area contributed by atoms with Gasteiger partial charge in [-0.05, 0) is 36.1 Å². The van der Waals surface area contributed by atoms with Crippen molar-refractivity contribution in [3.05, 3.63) is 65.7 Å². The fraction of sp³-hybridized carbons (Fsp3) is 0.136. The molecule has 0 atom stereocenters. The van der Waals surface area contributed by atoms with E-state index < -0.39 is 11.6 Å². The molecule has 0 saturated heterocycles. The minimum absolute atomic E-state index is 0.124. The number of benzene rings is 2. The maximum Gasteiger partial charge on any atom is 0.165 e. The average Bonchev–Trinajstić information content (AvgIpc) is 3.43. The highest BCUT2D eigenvalue weighted by Gasteiger charge is 2.28. The summed E-state index contributed by atoms with van der Waals surface area (Å²) in [6, 6.07) is 12.9. The van der Waals surface area contributed by atoms with Gasteiger partial charge in [0.25, 0.3) is 0 Å². The number of hydrogen-bond acceptors (Lipinski definition) is 5. The number of H-pyrrole nitrogens is 1. The van der Waals surface area contributed by atoms with E-state index in [2.05, 4.69) is 27.1 Å². The van der Waals surface area contributed by atoms with Crippen LogP contribution >= 0.6 is 0 Å². The van der Waals surface area contributed by atoms with Gasteiger partial charge >= 0.3 is 0 Å². The van der Waals surface area contributed by atoms with Crippen LogP contribution in [-0.4, -0.2) is 29.8 Å². The van der Waals surface area contributed by atoms with Crippen LogP contribution in [0, 0.1) is 5.82 Å². The predicted molar refractivity (Wildman–Crippen MR) is 112 cm³/mol. The Morgan fingerprint density at radius 1 is 1.10 bits per heavy atom. The van der Waals surface area contributed by atoms with E-state index in [1.807, 2.05) is 16.8 Å². The van der Waals surface area contributed by atoms with Crippen LogP contribution in [0.4, 0.5) is 10.2 Å². The Labute approximate surface area is 170 Å². The van der Waals surface area contributed by atoms with Gasteiger partial charge in [0.15, 0.2) is 17.2 Å². The lowest BCUT2D eigenvalue weighted by atomic mass is 10.1. The molecule has 6 rings (SSSR count). The lowest BCUT2D eigenvalue weighted by Crippen LogP contribution is -2.11. The molecule has 0 radical (unpaired) electrons. The molecule has 0 bridgehead atoms. The molecule has 148 valence electrons. The maximum atomic E-state index is 13.8. The van der Waals surface area contributed by atoms with E-state index in [0.717, 1.165) is 12.8 Å². The zero-order chi connectivity index (χ0) is 20.4. The van der Waals surface area contributed by atoms with Crippen molar-refractivity contribution < 1.29 is 9.50 Å². The van der Waals surface area contributed by atoms with Gasteiger partial charge in [-0.25, -0.2) is 19.0 Å². The van der Waals surface area contributed by atoms with E-state index in [4.69, 9.17) is 10.8 Å². The van der Waals surface area contributed by atoms with Crippen molar-refractivity contribution in [1.82, 2.24) is 24.7 Å². The van der Waals surface area contributed by atoms with E-state index in [1.54, 1.807) is 6.07 Å². The van der Waals surface area contributed by atoms with Gasteiger partial charge in [0.1, 0.15) is 17.8 Å². The molecular formula is C22H17FN6O. The summed E-state index contributed by atoms with van der Waals surface area (Å²) in [6.45, 7) is 0. The Morgan fingerprint density at radius 3 is 2.63 bits per heavy atom. The van der Waals surface area contributed by atoms with Gasteiger partial charge in [0.2, 0.25) is 0 Å². The number of anilines is 1. The van der Waals surface area contributed by atoms with Gasteiger partial charge in [0.05, 0.1) is 17.1 Å². The van der Waals surface area contributed by atoms with Crippen LogP contribution in [0.15, 0.2) is 48.8 Å². The lowest BCUT2D eigenvalue weighted by molar-refractivity contribution is 0.433. The monoisotopic (exact) mass is 400 g/mol. The summed E-state index contributed by atoms with van der Waals surface area (Å²) in [7, 11) is 0. The van der Waals surface area contributed by atoms with Crippen molar-refractivity contribution in [3.8, 4) is 17.1 Å². The molecule has 0 aliphatic heterocycles. The molecule has 3 heterocycles. The van der Waals surface area contributed by atoms with Gasteiger partial charge in [0, 0.05) is 17.0 Å². The van der Waals surface area contributed by atoms with Crippen molar-refractivity contribution in [2.75, 3.05) is 5.73 Å². The molecule has 1 aliphatic rings. The third-order valence-corrected chi connectivity index (χ3v) is 5.84. The third-order valence-electron chi connectivity index (χ3n) is 5.84. The molecule has 4 N–H and O–H groups in total. The van der Waals surface area contributed by atoms with Crippen LogP contribution < -0.4 is 5.73 Å². The van der Waals surface area contributed by atoms with E-state index in [1.165, 1.54) is 29.6 Å². The van der Waals surface area contributed by atoms with E-state index >= 15 is 0 Å². The van der Waals surface area contributed by atoms with Crippen LogP contribution in [0.1, 0.15) is 17.2 Å². The van der Waals surface area contributed by atoms with Crippen molar-refractivity contribution in [3.63, 3.8) is 0 Å². The Bertz CT molecular complexity index is 1390. The molecule has 30 heavy (non-hydrogen) atoms. The number of rotatable bonds is 2. The number of nitrogen functional groups attached to an aromatic ring is 1. The zero-order valence-electron chi connectivity index (χ0n) is 15.8. The number of nitrogens with zero attached hydrogens (tertiary/aromatic N) is 4. The summed E-state index contributed by atoms with van der Waals surface area (Å²) in [5.41, 5.74) is 11.4. The molecule has 0 unspecified atom stereocenters. The molecule has 7 nitrogen and oxygen atoms in total. The average molecular weight is 400 g/mol. The van der Waals surface area contributed by atoms with Gasteiger partial charge in [-0.15, -0.1) is 0 Å². The van der Waals surface area contributed by atoms with Gasteiger partial charge < -0.3 is 15.8 Å². The summed E-state index contributed by atoms with van der Waals surface area (Å²) in [6.07, 6.45) is 3.17. The van der Waals surface area contributed by atoms with Crippen LogP contribution in [0.25, 0.3) is 33.3 Å². The van der Waals surface area contributed by atoms with Crippen LogP contribution in [0.5, 0.6) is 5.75 Å². The molecule has 0 fully saturated rings. The van der Waals surface area contributed by atoms with Crippen molar-refractivity contribution in [2.24, 2.45) is 0 Å². The van der Waals surface area contributed by atoms with Crippen molar-refractivity contribution in [2.45, 2.75) is 18.9 Å². The van der Waals surface area contributed by atoms with Gasteiger partial charge in [-0.2, -0.15) is 5.10 Å².